The minimum absolute atomic E-state index is 0.000689. The number of nitrogens with zero attached hydrogens (tertiary/aromatic N) is 1. The standard InChI is InChI=1S/C29H29N3O3/c1-19-8-9-22(16-27(19)31-28(33)21-6-4-3-5-7-21)29(34)32-14-12-20(13-15-32)25-18-30-26-11-10-23(35-2)17-24(25)26/h3-11,16-18,20,30H,12-15H2,1-2H3,(H,31,33). The summed E-state index contributed by atoms with van der Waals surface area (Å²) >= 11 is 0. The van der Waals surface area contributed by atoms with E-state index in [0.29, 0.717) is 35.8 Å². The highest BCUT2D eigenvalue weighted by molar-refractivity contribution is 6.05. The van der Waals surface area contributed by atoms with E-state index in [0.717, 1.165) is 29.7 Å². The molecule has 1 aromatic heterocycles. The molecule has 0 radical (unpaired) electrons. The van der Waals surface area contributed by atoms with Crippen molar-refractivity contribution in [2.75, 3.05) is 25.5 Å². The third kappa shape index (κ3) is 4.64. The molecular weight excluding hydrogens is 438 g/mol. The predicted octanol–water partition coefficient (Wildman–Crippen LogP) is 5.76. The van der Waals surface area contributed by atoms with Crippen molar-refractivity contribution in [1.82, 2.24) is 9.88 Å². The van der Waals surface area contributed by atoms with E-state index in [9.17, 15) is 9.59 Å². The summed E-state index contributed by atoms with van der Waals surface area (Å²) in [6, 6.07) is 20.7. The molecule has 0 aliphatic carbocycles. The van der Waals surface area contributed by atoms with E-state index in [1.54, 1.807) is 25.3 Å². The Kier molecular flexibility index (Phi) is 6.27. The summed E-state index contributed by atoms with van der Waals surface area (Å²) < 4.78 is 5.41. The van der Waals surface area contributed by atoms with E-state index >= 15 is 0 Å². The second-order valence-corrected chi connectivity index (χ2v) is 9.07. The number of aryl methyl sites for hydroxylation is 1. The summed E-state index contributed by atoms with van der Waals surface area (Å²) in [7, 11) is 1.68. The quantitative estimate of drug-likeness (QED) is 0.392. The van der Waals surface area contributed by atoms with Crippen molar-refractivity contribution in [2.45, 2.75) is 25.7 Å². The summed E-state index contributed by atoms with van der Waals surface area (Å²) in [5, 5.41) is 4.14. The average Bonchev–Trinajstić information content (AvgIpc) is 3.33. The molecule has 1 aliphatic heterocycles. The van der Waals surface area contributed by atoms with Gasteiger partial charge in [-0.1, -0.05) is 24.3 Å². The monoisotopic (exact) mass is 467 g/mol. The smallest absolute Gasteiger partial charge is 0.255 e. The van der Waals surface area contributed by atoms with Crippen molar-refractivity contribution < 1.29 is 14.3 Å². The van der Waals surface area contributed by atoms with Crippen molar-refractivity contribution >= 4 is 28.4 Å². The molecule has 0 saturated carbocycles. The molecular formula is C29H29N3O3. The lowest BCUT2D eigenvalue weighted by Crippen LogP contribution is -2.38. The van der Waals surface area contributed by atoms with Crippen LogP contribution in [0.15, 0.2) is 72.9 Å². The Labute approximate surface area is 204 Å². The molecule has 178 valence electrons. The van der Waals surface area contributed by atoms with Crippen LogP contribution in [-0.2, 0) is 0 Å². The average molecular weight is 468 g/mol. The van der Waals surface area contributed by atoms with Gasteiger partial charge in [-0.15, -0.1) is 0 Å². The lowest BCUT2D eigenvalue weighted by atomic mass is 9.89. The molecule has 6 heteroatoms. The summed E-state index contributed by atoms with van der Waals surface area (Å²) in [6.07, 6.45) is 3.90. The molecule has 5 rings (SSSR count). The highest BCUT2D eigenvalue weighted by Crippen LogP contribution is 2.35. The molecule has 0 spiro atoms. The van der Waals surface area contributed by atoms with Gasteiger partial charge in [-0.05, 0) is 79.3 Å². The SMILES string of the molecule is COc1ccc2[nH]cc(C3CCN(C(=O)c4ccc(C)c(NC(=O)c5ccccc5)c4)CC3)c2c1. The number of nitrogens with one attached hydrogen (secondary N) is 2. The Bertz CT molecular complexity index is 1370. The summed E-state index contributed by atoms with van der Waals surface area (Å²) in [6.45, 7) is 3.32. The molecule has 1 fully saturated rings. The number of ether oxygens (including phenoxy) is 1. The van der Waals surface area contributed by atoms with Gasteiger partial charge in [-0.3, -0.25) is 9.59 Å². The Balaban J connectivity index is 1.27. The van der Waals surface area contributed by atoms with Crippen LogP contribution in [0.3, 0.4) is 0 Å². The number of H-pyrrole nitrogens is 1. The van der Waals surface area contributed by atoms with Gasteiger partial charge >= 0.3 is 0 Å². The predicted molar refractivity (Wildman–Crippen MR) is 138 cm³/mol. The molecule has 0 bridgehead atoms. The maximum absolute atomic E-state index is 13.3. The number of carbonyl (C=O) groups excluding carboxylic acids is 2. The van der Waals surface area contributed by atoms with Gasteiger partial charge in [-0.25, -0.2) is 0 Å². The van der Waals surface area contributed by atoms with Gasteiger partial charge in [0.25, 0.3) is 11.8 Å². The fourth-order valence-corrected chi connectivity index (χ4v) is 4.84. The number of benzene rings is 3. The Hall–Kier alpha value is -4.06. The van der Waals surface area contributed by atoms with E-state index in [4.69, 9.17) is 4.74 Å². The van der Waals surface area contributed by atoms with Crippen molar-refractivity contribution in [3.05, 3.63) is 95.2 Å². The van der Waals surface area contributed by atoms with Crippen molar-refractivity contribution in [2.24, 2.45) is 0 Å². The minimum Gasteiger partial charge on any atom is -0.497 e. The Morgan fingerprint density at radius 3 is 2.49 bits per heavy atom. The van der Waals surface area contributed by atoms with Crippen LogP contribution >= 0.6 is 0 Å². The number of carbonyl (C=O) groups is 2. The molecule has 6 nitrogen and oxygen atoms in total. The fourth-order valence-electron chi connectivity index (χ4n) is 4.84. The van der Waals surface area contributed by atoms with Crippen molar-refractivity contribution in [1.29, 1.82) is 0 Å². The molecule has 4 aromatic rings. The van der Waals surface area contributed by atoms with Crippen LogP contribution in [0.5, 0.6) is 5.75 Å². The number of fused-ring (bicyclic) bond motifs is 1. The highest BCUT2D eigenvalue weighted by Gasteiger charge is 2.26. The largest absolute Gasteiger partial charge is 0.497 e. The zero-order valence-electron chi connectivity index (χ0n) is 20.0. The number of anilines is 1. The van der Waals surface area contributed by atoms with Crippen LogP contribution in [0.1, 0.15) is 50.6 Å². The maximum Gasteiger partial charge on any atom is 0.255 e. The van der Waals surface area contributed by atoms with Gasteiger partial charge in [0, 0.05) is 47.0 Å². The molecule has 2 N–H and O–H groups in total. The highest BCUT2D eigenvalue weighted by atomic mass is 16.5. The van der Waals surface area contributed by atoms with Crippen LogP contribution in [-0.4, -0.2) is 41.9 Å². The Morgan fingerprint density at radius 1 is 0.971 bits per heavy atom. The van der Waals surface area contributed by atoms with Crippen LogP contribution in [0, 0.1) is 6.92 Å². The molecule has 1 saturated heterocycles. The molecule has 3 aromatic carbocycles. The van der Waals surface area contributed by atoms with E-state index < -0.39 is 0 Å². The van der Waals surface area contributed by atoms with E-state index in [1.807, 2.05) is 54.3 Å². The second-order valence-electron chi connectivity index (χ2n) is 9.07. The van der Waals surface area contributed by atoms with E-state index in [2.05, 4.69) is 22.6 Å². The van der Waals surface area contributed by atoms with Gasteiger partial charge in [-0.2, -0.15) is 0 Å². The first-order valence-corrected chi connectivity index (χ1v) is 11.9. The molecule has 2 heterocycles. The first kappa shape index (κ1) is 22.7. The third-order valence-electron chi connectivity index (χ3n) is 6.91. The van der Waals surface area contributed by atoms with Crippen LogP contribution < -0.4 is 10.1 Å². The van der Waals surface area contributed by atoms with Crippen molar-refractivity contribution in [3.8, 4) is 5.75 Å². The molecule has 1 aliphatic rings. The van der Waals surface area contributed by atoms with E-state index in [-0.39, 0.29) is 11.8 Å². The van der Waals surface area contributed by atoms with Crippen LogP contribution in [0.25, 0.3) is 10.9 Å². The number of methoxy groups -OCH3 is 1. The number of aromatic nitrogens is 1. The number of amides is 2. The zero-order chi connectivity index (χ0) is 24.4. The first-order valence-electron chi connectivity index (χ1n) is 11.9. The van der Waals surface area contributed by atoms with Crippen molar-refractivity contribution in [3.63, 3.8) is 0 Å². The zero-order valence-corrected chi connectivity index (χ0v) is 20.0. The number of rotatable bonds is 5. The van der Waals surface area contributed by atoms with E-state index in [1.165, 1.54) is 10.9 Å². The minimum atomic E-state index is -0.186. The number of hydrogen-bond donors (Lipinski definition) is 2. The number of aromatic amines is 1. The summed E-state index contributed by atoms with van der Waals surface area (Å²) in [5.41, 5.74) is 5.14. The lowest BCUT2D eigenvalue weighted by Gasteiger charge is -2.32. The summed E-state index contributed by atoms with van der Waals surface area (Å²) in [4.78, 5) is 31.2. The number of piperidine rings is 1. The Morgan fingerprint density at radius 2 is 1.74 bits per heavy atom. The third-order valence-corrected chi connectivity index (χ3v) is 6.91. The molecule has 35 heavy (non-hydrogen) atoms. The lowest BCUT2D eigenvalue weighted by molar-refractivity contribution is 0.0713. The summed E-state index contributed by atoms with van der Waals surface area (Å²) in [5.74, 6) is 1.05. The van der Waals surface area contributed by atoms with Gasteiger partial charge in [0.1, 0.15) is 5.75 Å². The number of hydrogen-bond acceptors (Lipinski definition) is 3. The number of likely N-dealkylation sites (tertiary alicyclic amines) is 1. The van der Waals surface area contributed by atoms with Gasteiger partial charge in [0.05, 0.1) is 7.11 Å². The van der Waals surface area contributed by atoms with Gasteiger partial charge < -0.3 is 19.9 Å². The topological polar surface area (TPSA) is 74.4 Å². The first-order chi connectivity index (χ1) is 17.0. The maximum atomic E-state index is 13.3. The fraction of sp³-hybridized carbons (Fsp3) is 0.241. The van der Waals surface area contributed by atoms with Crippen LogP contribution in [0.4, 0.5) is 5.69 Å². The van der Waals surface area contributed by atoms with Gasteiger partial charge in [0.2, 0.25) is 0 Å². The van der Waals surface area contributed by atoms with Crippen LogP contribution in [0.2, 0.25) is 0 Å². The normalized spacial score (nSPS) is 14.2. The molecule has 0 unspecified atom stereocenters. The molecule has 2 amide bonds. The second kappa shape index (κ2) is 9.66. The van der Waals surface area contributed by atoms with Gasteiger partial charge in [0.15, 0.2) is 0 Å². The molecule has 0 atom stereocenters.